The number of nitrogens with two attached hydrogens (primary N) is 1. The summed E-state index contributed by atoms with van der Waals surface area (Å²) in [5.74, 6) is -0.0622. The molecule has 5 nitrogen and oxygen atoms in total. The summed E-state index contributed by atoms with van der Waals surface area (Å²) in [5.41, 5.74) is 6.86. The van der Waals surface area contributed by atoms with Crippen molar-refractivity contribution >= 4 is 15.7 Å². The van der Waals surface area contributed by atoms with E-state index in [2.05, 4.69) is 0 Å². The summed E-state index contributed by atoms with van der Waals surface area (Å²) in [6.07, 6.45) is 0.723. The van der Waals surface area contributed by atoms with Crippen LogP contribution in [0.5, 0.6) is 0 Å². The summed E-state index contributed by atoms with van der Waals surface area (Å²) < 4.78 is 25.6. The van der Waals surface area contributed by atoms with Crippen molar-refractivity contribution in [3.05, 3.63) is 29.8 Å². The van der Waals surface area contributed by atoms with Gasteiger partial charge in [-0.2, -0.15) is 4.31 Å². The molecule has 0 amide bonds. The van der Waals surface area contributed by atoms with Crippen molar-refractivity contribution in [3.63, 3.8) is 0 Å². The number of anilines is 1. The van der Waals surface area contributed by atoms with Crippen LogP contribution in [0.4, 0.5) is 5.69 Å². The second kappa shape index (κ2) is 6.72. The molecule has 0 aromatic heterocycles. The standard InChI is InChI=1S/C12H20N2O3S/c1-2-7-14(8-9-15)18(16,17)10-11-3-5-12(13)6-4-11/h3-6,15H,2,7-10,13H2,1H3. The normalized spacial score (nSPS) is 11.9. The maximum atomic E-state index is 12.1. The minimum atomic E-state index is -3.38. The lowest BCUT2D eigenvalue weighted by atomic mass is 10.2. The fraction of sp³-hybridized carbons (Fsp3) is 0.500. The number of sulfonamides is 1. The van der Waals surface area contributed by atoms with Gasteiger partial charge in [-0.25, -0.2) is 8.42 Å². The van der Waals surface area contributed by atoms with Crippen LogP contribution in [0.3, 0.4) is 0 Å². The van der Waals surface area contributed by atoms with Crippen LogP contribution in [0.25, 0.3) is 0 Å². The zero-order chi connectivity index (χ0) is 13.6. The Balaban J connectivity index is 2.81. The highest BCUT2D eigenvalue weighted by atomic mass is 32.2. The maximum Gasteiger partial charge on any atom is 0.218 e. The smallest absolute Gasteiger partial charge is 0.218 e. The summed E-state index contributed by atoms with van der Waals surface area (Å²) in [7, 11) is -3.38. The lowest BCUT2D eigenvalue weighted by molar-refractivity contribution is 0.253. The number of benzene rings is 1. The lowest BCUT2D eigenvalue weighted by Gasteiger charge is -2.20. The molecule has 18 heavy (non-hydrogen) atoms. The largest absolute Gasteiger partial charge is 0.399 e. The highest BCUT2D eigenvalue weighted by molar-refractivity contribution is 7.88. The molecule has 0 aliphatic carbocycles. The molecule has 1 rings (SSSR count). The van der Waals surface area contributed by atoms with Crippen LogP contribution in [0.15, 0.2) is 24.3 Å². The minimum absolute atomic E-state index is 0.0622. The third-order valence-corrected chi connectivity index (χ3v) is 4.39. The zero-order valence-corrected chi connectivity index (χ0v) is 11.4. The average molecular weight is 272 g/mol. The van der Waals surface area contributed by atoms with E-state index in [0.29, 0.717) is 17.8 Å². The van der Waals surface area contributed by atoms with E-state index in [1.165, 1.54) is 4.31 Å². The number of nitrogen functional groups attached to an aromatic ring is 1. The summed E-state index contributed by atoms with van der Waals surface area (Å²) >= 11 is 0. The molecule has 6 heteroatoms. The van der Waals surface area contributed by atoms with Crippen LogP contribution >= 0.6 is 0 Å². The molecule has 1 aromatic carbocycles. The summed E-state index contributed by atoms with van der Waals surface area (Å²) in [6, 6.07) is 6.77. The number of aliphatic hydroxyl groups is 1. The number of nitrogens with zero attached hydrogens (tertiary/aromatic N) is 1. The molecule has 0 aliphatic rings. The summed E-state index contributed by atoms with van der Waals surface area (Å²) in [5, 5.41) is 8.91. The molecule has 0 unspecified atom stereocenters. The predicted molar refractivity (Wildman–Crippen MR) is 72.4 cm³/mol. The van der Waals surface area contributed by atoms with Crippen LogP contribution < -0.4 is 5.73 Å². The highest BCUT2D eigenvalue weighted by Gasteiger charge is 2.21. The van der Waals surface area contributed by atoms with E-state index in [-0.39, 0.29) is 18.9 Å². The Morgan fingerprint density at radius 3 is 2.33 bits per heavy atom. The molecule has 0 radical (unpaired) electrons. The maximum absolute atomic E-state index is 12.1. The second-order valence-corrected chi connectivity index (χ2v) is 6.09. The van der Waals surface area contributed by atoms with Crippen molar-refractivity contribution in [2.24, 2.45) is 0 Å². The van der Waals surface area contributed by atoms with Crippen LogP contribution in [0.2, 0.25) is 0 Å². The molecule has 0 spiro atoms. The Morgan fingerprint density at radius 1 is 1.22 bits per heavy atom. The van der Waals surface area contributed by atoms with Crippen molar-refractivity contribution in [3.8, 4) is 0 Å². The van der Waals surface area contributed by atoms with Crippen molar-refractivity contribution in [1.29, 1.82) is 0 Å². The molecule has 0 saturated heterocycles. The van der Waals surface area contributed by atoms with E-state index in [1.807, 2.05) is 6.92 Å². The van der Waals surface area contributed by atoms with E-state index in [4.69, 9.17) is 10.8 Å². The van der Waals surface area contributed by atoms with E-state index >= 15 is 0 Å². The molecular weight excluding hydrogens is 252 g/mol. The first-order valence-corrected chi connectivity index (χ1v) is 7.53. The third-order valence-electron chi connectivity index (χ3n) is 2.54. The second-order valence-electron chi connectivity index (χ2n) is 4.12. The Morgan fingerprint density at radius 2 is 1.83 bits per heavy atom. The van der Waals surface area contributed by atoms with Crippen molar-refractivity contribution in [1.82, 2.24) is 4.31 Å². The quantitative estimate of drug-likeness (QED) is 0.719. The molecule has 0 aliphatic heterocycles. The molecule has 3 N–H and O–H groups in total. The predicted octanol–water partition coefficient (Wildman–Crippen LogP) is 0.803. The van der Waals surface area contributed by atoms with Gasteiger partial charge in [0.1, 0.15) is 0 Å². The van der Waals surface area contributed by atoms with E-state index in [1.54, 1.807) is 24.3 Å². The van der Waals surface area contributed by atoms with Gasteiger partial charge < -0.3 is 10.8 Å². The molecule has 0 bridgehead atoms. The SMILES string of the molecule is CCCN(CCO)S(=O)(=O)Cc1ccc(N)cc1. The molecule has 0 saturated carbocycles. The monoisotopic (exact) mass is 272 g/mol. The van der Waals surface area contributed by atoms with Gasteiger partial charge in [0, 0.05) is 18.8 Å². The van der Waals surface area contributed by atoms with E-state index in [0.717, 1.165) is 6.42 Å². The van der Waals surface area contributed by atoms with Crippen molar-refractivity contribution in [2.45, 2.75) is 19.1 Å². The Kier molecular flexibility index (Phi) is 5.58. The molecule has 0 fully saturated rings. The number of rotatable bonds is 7. The van der Waals surface area contributed by atoms with Gasteiger partial charge in [0.15, 0.2) is 0 Å². The first-order valence-electron chi connectivity index (χ1n) is 5.92. The van der Waals surface area contributed by atoms with E-state index in [9.17, 15) is 8.42 Å². The van der Waals surface area contributed by atoms with Gasteiger partial charge in [0.2, 0.25) is 10.0 Å². The lowest BCUT2D eigenvalue weighted by Crippen LogP contribution is -2.35. The molecule has 0 heterocycles. The minimum Gasteiger partial charge on any atom is -0.399 e. The van der Waals surface area contributed by atoms with Crippen molar-refractivity contribution in [2.75, 3.05) is 25.4 Å². The van der Waals surface area contributed by atoms with Gasteiger partial charge in [-0.05, 0) is 24.1 Å². The Hall–Kier alpha value is -1.11. The van der Waals surface area contributed by atoms with Crippen LogP contribution in [-0.2, 0) is 15.8 Å². The topological polar surface area (TPSA) is 83.6 Å². The third kappa shape index (κ3) is 4.29. The van der Waals surface area contributed by atoms with Crippen LogP contribution in [0.1, 0.15) is 18.9 Å². The molecule has 102 valence electrons. The molecule has 0 atom stereocenters. The van der Waals surface area contributed by atoms with E-state index < -0.39 is 10.0 Å². The average Bonchev–Trinajstić information content (AvgIpc) is 2.32. The van der Waals surface area contributed by atoms with Crippen molar-refractivity contribution < 1.29 is 13.5 Å². The number of hydrogen-bond acceptors (Lipinski definition) is 4. The number of aliphatic hydroxyl groups excluding tert-OH is 1. The summed E-state index contributed by atoms with van der Waals surface area (Å²) in [4.78, 5) is 0. The van der Waals surface area contributed by atoms with Gasteiger partial charge in [-0.15, -0.1) is 0 Å². The Labute approximate surface area is 108 Å². The fourth-order valence-corrected chi connectivity index (χ4v) is 3.28. The highest BCUT2D eigenvalue weighted by Crippen LogP contribution is 2.13. The van der Waals surface area contributed by atoms with Crippen LogP contribution in [-0.4, -0.2) is 37.5 Å². The van der Waals surface area contributed by atoms with Crippen LogP contribution in [0, 0.1) is 0 Å². The zero-order valence-electron chi connectivity index (χ0n) is 10.5. The summed E-state index contributed by atoms with van der Waals surface area (Å²) in [6.45, 7) is 2.31. The first-order chi connectivity index (χ1) is 8.49. The molecular formula is C12H20N2O3S. The molecule has 1 aromatic rings. The van der Waals surface area contributed by atoms with Gasteiger partial charge in [-0.1, -0.05) is 19.1 Å². The Bertz CT molecular complexity index is 451. The first kappa shape index (κ1) is 14.9. The van der Waals surface area contributed by atoms with Gasteiger partial charge in [-0.3, -0.25) is 0 Å². The number of hydrogen-bond donors (Lipinski definition) is 2. The fourth-order valence-electron chi connectivity index (χ4n) is 1.67. The van der Waals surface area contributed by atoms with Gasteiger partial charge >= 0.3 is 0 Å². The van der Waals surface area contributed by atoms with Gasteiger partial charge in [0.25, 0.3) is 0 Å². The van der Waals surface area contributed by atoms with Gasteiger partial charge in [0.05, 0.1) is 12.4 Å².